The Morgan fingerprint density at radius 2 is 1.69 bits per heavy atom. The van der Waals surface area contributed by atoms with E-state index in [4.69, 9.17) is 18.6 Å². The first-order chi connectivity index (χ1) is 16.9. The fraction of sp³-hybridized carbons (Fsp3) is 0.115. The molecule has 1 amide bonds. The Labute approximate surface area is 201 Å². The van der Waals surface area contributed by atoms with Crippen molar-refractivity contribution in [2.45, 2.75) is 13.5 Å². The van der Waals surface area contributed by atoms with Gasteiger partial charge in [0.25, 0.3) is 11.6 Å². The van der Waals surface area contributed by atoms with E-state index in [9.17, 15) is 14.9 Å². The monoisotopic (exact) mass is 474 g/mol. The normalized spacial score (nSPS) is 10.5. The van der Waals surface area contributed by atoms with Crippen molar-refractivity contribution in [3.05, 3.63) is 106 Å². The summed E-state index contributed by atoms with van der Waals surface area (Å²) in [4.78, 5) is 23.6. The number of anilines is 1. The number of furan rings is 1. The summed E-state index contributed by atoms with van der Waals surface area (Å²) in [5.74, 6) is 1.75. The summed E-state index contributed by atoms with van der Waals surface area (Å²) in [6.07, 6.45) is 0. The summed E-state index contributed by atoms with van der Waals surface area (Å²) in [5, 5.41) is 14.0. The minimum Gasteiger partial charge on any atom is -0.493 e. The molecule has 0 bridgehead atoms. The molecule has 4 aromatic rings. The van der Waals surface area contributed by atoms with E-state index in [1.165, 1.54) is 24.3 Å². The summed E-state index contributed by atoms with van der Waals surface area (Å²) in [6.45, 7) is 1.94. The molecule has 3 aromatic carbocycles. The first kappa shape index (κ1) is 23.4. The van der Waals surface area contributed by atoms with Gasteiger partial charge in [0.05, 0.1) is 23.8 Å². The number of amides is 1. The predicted molar refractivity (Wildman–Crippen MR) is 128 cm³/mol. The molecule has 0 saturated carbocycles. The van der Waals surface area contributed by atoms with Crippen LogP contribution in [0, 0.1) is 17.0 Å². The smallest absolute Gasteiger partial charge is 0.291 e. The molecule has 1 N–H and O–H groups in total. The third-order valence-electron chi connectivity index (χ3n) is 5.01. The molecule has 1 aromatic heterocycles. The van der Waals surface area contributed by atoms with Crippen molar-refractivity contribution in [2.75, 3.05) is 12.4 Å². The number of non-ortho nitro benzene ring substituents is 1. The van der Waals surface area contributed by atoms with Crippen molar-refractivity contribution in [3.8, 4) is 23.0 Å². The number of carbonyl (C=O) groups excluding carboxylic acids is 1. The lowest BCUT2D eigenvalue weighted by Gasteiger charge is -2.10. The average molecular weight is 474 g/mol. The number of aryl methyl sites for hydroxylation is 1. The van der Waals surface area contributed by atoms with E-state index in [-0.39, 0.29) is 29.5 Å². The Balaban J connectivity index is 1.47. The van der Waals surface area contributed by atoms with Crippen molar-refractivity contribution in [3.63, 3.8) is 0 Å². The molecule has 0 aliphatic carbocycles. The van der Waals surface area contributed by atoms with Gasteiger partial charge in [-0.25, -0.2) is 0 Å². The van der Waals surface area contributed by atoms with Gasteiger partial charge >= 0.3 is 0 Å². The Kier molecular flexibility index (Phi) is 6.96. The molecule has 9 heteroatoms. The Bertz CT molecular complexity index is 1360. The number of nitrogens with zero attached hydrogens (tertiary/aromatic N) is 1. The van der Waals surface area contributed by atoms with E-state index >= 15 is 0 Å². The average Bonchev–Trinajstić information content (AvgIpc) is 3.33. The maximum atomic E-state index is 12.7. The number of carbonyl (C=O) groups is 1. The van der Waals surface area contributed by atoms with Crippen LogP contribution in [-0.2, 0) is 6.61 Å². The standard InChI is InChI=1S/C26H22N2O7/c1-17-7-3-4-8-22(17)35-21-14-18(13-19(15-21)28(30)31)27-26(29)25-12-11-20(34-25)16-33-24-10-6-5-9-23(24)32-2/h3-15H,16H2,1-2H3,(H,27,29). The fourth-order valence-corrected chi connectivity index (χ4v) is 3.27. The van der Waals surface area contributed by atoms with Gasteiger partial charge < -0.3 is 23.9 Å². The molecule has 0 radical (unpaired) electrons. The Morgan fingerprint density at radius 1 is 0.971 bits per heavy atom. The topological polar surface area (TPSA) is 113 Å². The molecule has 0 unspecified atom stereocenters. The number of ether oxygens (including phenoxy) is 3. The van der Waals surface area contributed by atoms with Crippen molar-refractivity contribution in [2.24, 2.45) is 0 Å². The first-order valence-corrected chi connectivity index (χ1v) is 10.6. The molecule has 0 aliphatic heterocycles. The van der Waals surface area contributed by atoms with Crippen LogP contribution in [-0.4, -0.2) is 17.9 Å². The van der Waals surface area contributed by atoms with E-state index < -0.39 is 10.8 Å². The maximum absolute atomic E-state index is 12.7. The van der Waals surface area contributed by atoms with Crippen LogP contribution in [0.5, 0.6) is 23.0 Å². The minimum absolute atomic E-state index is 0.0245. The third kappa shape index (κ3) is 5.77. The highest BCUT2D eigenvalue weighted by atomic mass is 16.6. The number of nitrogens with one attached hydrogen (secondary N) is 1. The van der Waals surface area contributed by atoms with Crippen molar-refractivity contribution in [1.29, 1.82) is 0 Å². The van der Waals surface area contributed by atoms with Gasteiger partial charge in [0, 0.05) is 12.1 Å². The SMILES string of the molecule is COc1ccccc1OCc1ccc(C(=O)Nc2cc(Oc3ccccc3C)cc([N+](=O)[O-])c2)o1. The van der Waals surface area contributed by atoms with Gasteiger partial charge in [-0.2, -0.15) is 0 Å². The molecule has 0 saturated heterocycles. The van der Waals surface area contributed by atoms with Crippen LogP contribution in [0.15, 0.2) is 83.3 Å². The van der Waals surface area contributed by atoms with Crippen LogP contribution < -0.4 is 19.5 Å². The highest BCUT2D eigenvalue weighted by molar-refractivity contribution is 6.02. The number of hydrogen-bond acceptors (Lipinski definition) is 7. The predicted octanol–water partition coefficient (Wildman–Crippen LogP) is 6.13. The second-order valence-electron chi connectivity index (χ2n) is 7.50. The number of rotatable bonds is 9. The van der Waals surface area contributed by atoms with E-state index in [1.54, 1.807) is 37.4 Å². The molecule has 0 aliphatic rings. The van der Waals surface area contributed by atoms with Crippen LogP contribution >= 0.6 is 0 Å². The van der Waals surface area contributed by atoms with E-state index in [1.807, 2.05) is 31.2 Å². The van der Waals surface area contributed by atoms with Crippen LogP contribution in [0.25, 0.3) is 0 Å². The van der Waals surface area contributed by atoms with Crippen LogP contribution in [0.3, 0.4) is 0 Å². The number of para-hydroxylation sites is 3. The molecule has 0 fully saturated rings. The summed E-state index contributed by atoms with van der Waals surface area (Å²) in [7, 11) is 1.54. The Hall–Kier alpha value is -4.79. The largest absolute Gasteiger partial charge is 0.493 e. The van der Waals surface area contributed by atoms with Gasteiger partial charge in [0.2, 0.25) is 0 Å². The first-order valence-electron chi connectivity index (χ1n) is 10.6. The molecule has 0 spiro atoms. The van der Waals surface area contributed by atoms with Crippen molar-refractivity contribution in [1.82, 2.24) is 0 Å². The zero-order chi connectivity index (χ0) is 24.8. The lowest BCUT2D eigenvalue weighted by molar-refractivity contribution is -0.384. The lowest BCUT2D eigenvalue weighted by Crippen LogP contribution is -2.11. The fourth-order valence-electron chi connectivity index (χ4n) is 3.27. The zero-order valence-electron chi connectivity index (χ0n) is 19.0. The van der Waals surface area contributed by atoms with Crippen molar-refractivity contribution >= 4 is 17.3 Å². The molecular formula is C26H22N2O7. The number of nitro benzene ring substituents is 1. The maximum Gasteiger partial charge on any atom is 0.291 e. The van der Waals surface area contributed by atoms with E-state index in [0.717, 1.165) is 5.56 Å². The molecule has 178 valence electrons. The minimum atomic E-state index is -0.573. The molecule has 4 rings (SSSR count). The number of benzene rings is 3. The number of nitro groups is 1. The van der Waals surface area contributed by atoms with Crippen molar-refractivity contribution < 1.29 is 28.3 Å². The van der Waals surface area contributed by atoms with E-state index in [0.29, 0.717) is 23.0 Å². The highest BCUT2D eigenvalue weighted by Crippen LogP contribution is 2.31. The molecule has 35 heavy (non-hydrogen) atoms. The van der Waals surface area contributed by atoms with Gasteiger partial charge in [-0.05, 0) is 42.8 Å². The van der Waals surface area contributed by atoms with E-state index in [2.05, 4.69) is 5.32 Å². The molecule has 1 heterocycles. The summed E-state index contributed by atoms with van der Waals surface area (Å²) in [5.41, 5.74) is 0.829. The molecule has 0 atom stereocenters. The summed E-state index contributed by atoms with van der Waals surface area (Å²) in [6, 6.07) is 21.6. The second kappa shape index (κ2) is 10.4. The number of methoxy groups -OCH3 is 1. The number of hydrogen-bond donors (Lipinski definition) is 1. The summed E-state index contributed by atoms with van der Waals surface area (Å²) < 4.78 is 22.4. The van der Waals surface area contributed by atoms with Gasteiger partial charge in [0.15, 0.2) is 17.3 Å². The highest BCUT2D eigenvalue weighted by Gasteiger charge is 2.17. The molecule has 9 nitrogen and oxygen atoms in total. The second-order valence-corrected chi connectivity index (χ2v) is 7.50. The molecular weight excluding hydrogens is 452 g/mol. The van der Waals surface area contributed by atoms with Crippen LogP contribution in [0.4, 0.5) is 11.4 Å². The van der Waals surface area contributed by atoms with Crippen LogP contribution in [0.1, 0.15) is 21.9 Å². The van der Waals surface area contributed by atoms with Gasteiger partial charge in [-0.15, -0.1) is 0 Å². The third-order valence-corrected chi connectivity index (χ3v) is 5.01. The quantitative estimate of drug-likeness (QED) is 0.229. The van der Waals surface area contributed by atoms with Crippen LogP contribution in [0.2, 0.25) is 0 Å². The summed E-state index contributed by atoms with van der Waals surface area (Å²) >= 11 is 0. The lowest BCUT2D eigenvalue weighted by atomic mass is 10.2. The van der Waals surface area contributed by atoms with Gasteiger partial charge in [-0.3, -0.25) is 14.9 Å². The van der Waals surface area contributed by atoms with Gasteiger partial charge in [0.1, 0.15) is 23.9 Å². The zero-order valence-corrected chi connectivity index (χ0v) is 19.0. The Morgan fingerprint density at radius 3 is 2.40 bits per heavy atom. The van der Waals surface area contributed by atoms with Gasteiger partial charge in [-0.1, -0.05) is 30.3 Å².